The van der Waals surface area contributed by atoms with Crippen LogP contribution in [-0.4, -0.2) is 55.0 Å². The fourth-order valence-corrected chi connectivity index (χ4v) is 2.52. The van der Waals surface area contributed by atoms with E-state index in [1.165, 1.54) is 18.2 Å². The first-order valence-electron chi connectivity index (χ1n) is 7.38. The Morgan fingerprint density at radius 1 is 1.29 bits per heavy atom. The number of piperazine rings is 1. The van der Waals surface area contributed by atoms with Crippen LogP contribution in [0.15, 0.2) is 18.2 Å². The Morgan fingerprint density at radius 3 is 2.62 bits per heavy atom. The highest BCUT2D eigenvalue weighted by atomic mass is 19.1. The normalized spacial score (nSPS) is 16.9. The molecule has 0 spiro atoms. The first kappa shape index (κ1) is 15.7. The lowest BCUT2D eigenvalue weighted by atomic mass is 10.2. The molecule has 0 saturated carbocycles. The summed E-state index contributed by atoms with van der Waals surface area (Å²) >= 11 is 0. The third kappa shape index (κ3) is 4.68. The maximum Gasteiger partial charge on any atom is 0.238 e. The maximum absolute atomic E-state index is 13.1. The number of nitrogen functional groups attached to an aromatic ring is 1. The van der Waals surface area contributed by atoms with Gasteiger partial charge in [0.15, 0.2) is 0 Å². The molecule has 116 valence electrons. The molecular formula is C15H23FN4O. The van der Waals surface area contributed by atoms with Crippen LogP contribution in [0, 0.1) is 5.82 Å². The number of nitrogens with zero attached hydrogens (tertiary/aromatic N) is 2. The van der Waals surface area contributed by atoms with Crippen molar-refractivity contribution in [2.24, 2.45) is 0 Å². The van der Waals surface area contributed by atoms with Gasteiger partial charge >= 0.3 is 0 Å². The zero-order chi connectivity index (χ0) is 15.2. The highest BCUT2D eigenvalue weighted by Gasteiger charge is 2.18. The summed E-state index contributed by atoms with van der Waals surface area (Å²) in [6.07, 6.45) is 1.15. The van der Waals surface area contributed by atoms with E-state index in [1.807, 2.05) is 0 Å². The molecule has 6 heteroatoms. The molecule has 2 rings (SSSR count). The number of anilines is 2. The lowest BCUT2D eigenvalue weighted by molar-refractivity contribution is -0.117. The molecular weight excluding hydrogens is 271 g/mol. The minimum absolute atomic E-state index is 0.156. The molecule has 1 aromatic rings. The van der Waals surface area contributed by atoms with Crippen molar-refractivity contribution in [3.8, 4) is 0 Å². The maximum atomic E-state index is 13.1. The smallest absolute Gasteiger partial charge is 0.238 e. The average molecular weight is 294 g/mol. The number of benzene rings is 1. The lowest BCUT2D eigenvalue weighted by Gasteiger charge is -2.34. The summed E-state index contributed by atoms with van der Waals surface area (Å²) in [5, 5.41) is 2.68. The topological polar surface area (TPSA) is 61.6 Å². The van der Waals surface area contributed by atoms with Crippen LogP contribution in [0.1, 0.15) is 13.3 Å². The van der Waals surface area contributed by atoms with Crippen molar-refractivity contribution in [3.05, 3.63) is 24.0 Å². The number of nitrogens with one attached hydrogen (secondary N) is 1. The van der Waals surface area contributed by atoms with Crippen molar-refractivity contribution in [1.29, 1.82) is 0 Å². The number of halogens is 1. The van der Waals surface area contributed by atoms with Gasteiger partial charge in [-0.3, -0.25) is 9.69 Å². The third-order valence-electron chi connectivity index (χ3n) is 3.66. The predicted octanol–water partition coefficient (Wildman–Crippen LogP) is 1.37. The molecule has 1 amide bonds. The highest BCUT2D eigenvalue weighted by Crippen LogP contribution is 2.19. The molecule has 1 heterocycles. The zero-order valence-corrected chi connectivity index (χ0v) is 12.4. The van der Waals surface area contributed by atoms with Crippen LogP contribution in [0.3, 0.4) is 0 Å². The first-order valence-corrected chi connectivity index (χ1v) is 7.38. The van der Waals surface area contributed by atoms with Crippen LogP contribution in [0.2, 0.25) is 0 Å². The van der Waals surface area contributed by atoms with Crippen molar-refractivity contribution in [1.82, 2.24) is 9.80 Å². The fourth-order valence-electron chi connectivity index (χ4n) is 2.52. The van der Waals surface area contributed by atoms with E-state index in [0.717, 1.165) is 39.1 Å². The van der Waals surface area contributed by atoms with Gasteiger partial charge in [-0.2, -0.15) is 0 Å². The van der Waals surface area contributed by atoms with E-state index >= 15 is 0 Å². The van der Waals surface area contributed by atoms with E-state index in [9.17, 15) is 9.18 Å². The second kappa shape index (κ2) is 7.38. The number of rotatable bonds is 5. The molecule has 0 atom stereocenters. The predicted molar refractivity (Wildman–Crippen MR) is 82.6 cm³/mol. The summed E-state index contributed by atoms with van der Waals surface area (Å²) in [5.74, 6) is -0.566. The summed E-state index contributed by atoms with van der Waals surface area (Å²) in [7, 11) is 0. The first-order chi connectivity index (χ1) is 10.1. The standard InChI is InChI=1S/C15H23FN4O/c1-2-5-19-6-8-20(9-7-19)11-15(21)18-14-10-12(16)3-4-13(14)17/h3-4,10H,2,5-9,11,17H2,1H3,(H,18,21). The zero-order valence-electron chi connectivity index (χ0n) is 12.4. The SMILES string of the molecule is CCCN1CCN(CC(=O)Nc2cc(F)ccc2N)CC1. The van der Waals surface area contributed by atoms with Crippen LogP contribution in [-0.2, 0) is 4.79 Å². The van der Waals surface area contributed by atoms with E-state index < -0.39 is 5.82 Å². The molecule has 1 aliphatic rings. The third-order valence-corrected chi connectivity index (χ3v) is 3.66. The van der Waals surface area contributed by atoms with Gasteiger partial charge in [0.2, 0.25) is 5.91 Å². The van der Waals surface area contributed by atoms with E-state index in [2.05, 4.69) is 22.0 Å². The number of carbonyl (C=O) groups is 1. The number of carbonyl (C=O) groups excluding carboxylic acids is 1. The van der Waals surface area contributed by atoms with Gasteiger partial charge in [0.25, 0.3) is 0 Å². The molecule has 0 aromatic heterocycles. The van der Waals surface area contributed by atoms with Crippen LogP contribution in [0.4, 0.5) is 15.8 Å². The van der Waals surface area contributed by atoms with Crippen molar-refractivity contribution in [3.63, 3.8) is 0 Å². The van der Waals surface area contributed by atoms with Crippen LogP contribution in [0.25, 0.3) is 0 Å². The summed E-state index contributed by atoms with van der Waals surface area (Å²) in [5.41, 5.74) is 6.43. The van der Waals surface area contributed by atoms with E-state index in [-0.39, 0.29) is 5.91 Å². The summed E-state index contributed by atoms with van der Waals surface area (Å²) in [6, 6.07) is 3.97. The van der Waals surface area contributed by atoms with Gasteiger partial charge in [-0.1, -0.05) is 6.92 Å². The lowest BCUT2D eigenvalue weighted by Crippen LogP contribution is -2.48. The minimum Gasteiger partial charge on any atom is -0.397 e. The van der Waals surface area contributed by atoms with Crippen LogP contribution < -0.4 is 11.1 Å². The Bertz CT molecular complexity index is 487. The highest BCUT2D eigenvalue weighted by molar-refractivity contribution is 5.95. The van der Waals surface area contributed by atoms with Crippen molar-refractivity contribution < 1.29 is 9.18 Å². The van der Waals surface area contributed by atoms with Crippen molar-refractivity contribution >= 4 is 17.3 Å². The van der Waals surface area contributed by atoms with E-state index in [4.69, 9.17) is 5.73 Å². The second-order valence-electron chi connectivity index (χ2n) is 5.40. The van der Waals surface area contributed by atoms with Crippen molar-refractivity contribution in [2.75, 3.05) is 50.3 Å². The van der Waals surface area contributed by atoms with Gasteiger partial charge in [-0.25, -0.2) is 4.39 Å². The summed E-state index contributed by atoms with van der Waals surface area (Å²) in [6.45, 7) is 7.34. The molecule has 0 bridgehead atoms. The van der Waals surface area contributed by atoms with E-state index in [1.54, 1.807) is 0 Å². The molecule has 5 nitrogen and oxygen atoms in total. The van der Waals surface area contributed by atoms with E-state index in [0.29, 0.717) is 17.9 Å². The molecule has 3 N–H and O–H groups in total. The number of amides is 1. The Balaban J connectivity index is 1.81. The quantitative estimate of drug-likeness (QED) is 0.805. The van der Waals surface area contributed by atoms with Crippen LogP contribution in [0.5, 0.6) is 0 Å². The molecule has 0 aliphatic carbocycles. The Morgan fingerprint density at radius 2 is 1.95 bits per heavy atom. The Kier molecular flexibility index (Phi) is 5.52. The fraction of sp³-hybridized carbons (Fsp3) is 0.533. The van der Waals surface area contributed by atoms with Gasteiger partial charge < -0.3 is 16.0 Å². The molecule has 1 saturated heterocycles. The summed E-state index contributed by atoms with van der Waals surface area (Å²) < 4.78 is 13.1. The molecule has 0 unspecified atom stereocenters. The number of hydrogen-bond acceptors (Lipinski definition) is 4. The summed E-state index contributed by atoms with van der Waals surface area (Å²) in [4.78, 5) is 16.5. The Hall–Kier alpha value is -1.66. The van der Waals surface area contributed by atoms with Crippen molar-refractivity contribution in [2.45, 2.75) is 13.3 Å². The van der Waals surface area contributed by atoms with Gasteiger partial charge in [-0.15, -0.1) is 0 Å². The average Bonchev–Trinajstić information content (AvgIpc) is 2.45. The van der Waals surface area contributed by atoms with Gasteiger partial charge in [0, 0.05) is 26.2 Å². The van der Waals surface area contributed by atoms with Gasteiger partial charge in [-0.05, 0) is 31.2 Å². The van der Waals surface area contributed by atoms with Gasteiger partial charge in [0.05, 0.1) is 17.9 Å². The molecule has 21 heavy (non-hydrogen) atoms. The molecule has 1 aromatic carbocycles. The van der Waals surface area contributed by atoms with Gasteiger partial charge in [0.1, 0.15) is 5.82 Å². The molecule has 1 fully saturated rings. The molecule has 0 radical (unpaired) electrons. The number of hydrogen-bond donors (Lipinski definition) is 2. The Labute approximate surface area is 124 Å². The monoisotopic (exact) mass is 294 g/mol. The number of nitrogens with two attached hydrogens (primary N) is 1. The second-order valence-corrected chi connectivity index (χ2v) is 5.40. The van der Waals surface area contributed by atoms with Crippen LogP contribution >= 0.6 is 0 Å². The minimum atomic E-state index is -0.410. The molecule has 1 aliphatic heterocycles. The largest absolute Gasteiger partial charge is 0.397 e.